The van der Waals surface area contributed by atoms with Gasteiger partial charge in [0.25, 0.3) is 14.4 Å². The van der Waals surface area contributed by atoms with Gasteiger partial charge in [-0.25, -0.2) is 4.67 Å². The quantitative estimate of drug-likeness (QED) is 0.140. The van der Waals surface area contributed by atoms with Crippen molar-refractivity contribution in [2.24, 2.45) is 11.3 Å². The summed E-state index contributed by atoms with van der Waals surface area (Å²) in [5.74, 6) is 0.652. The van der Waals surface area contributed by atoms with E-state index in [4.69, 9.17) is 14.3 Å². The summed E-state index contributed by atoms with van der Waals surface area (Å²) in [4.78, 5) is 28.3. The van der Waals surface area contributed by atoms with E-state index in [9.17, 15) is 9.59 Å². The molecular formula is C35H57N4O4P. The molecule has 0 saturated heterocycles. The number of nitrogens with one attached hydrogen (secondary N) is 1. The van der Waals surface area contributed by atoms with Crippen LogP contribution in [0, 0.1) is 29.6 Å². The number of nitrogens with zero attached hydrogens (tertiary/aromatic N) is 3. The van der Waals surface area contributed by atoms with Gasteiger partial charge in [-0.1, -0.05) is 43.9 Å². The Morgan fingerprint density at radius 2 is 1.80 bits per heavy atom. The number of aryl methyl sites for hydroxylation is 1. The smallest absolute Gasteiger partial charge is 0.259 e. The van der Waals surface area contributed by atoms with Crippen molar-refractivity contribution in [3.63, 3.8) is 0 Å². The number of rotatable bonds is 17. The van der Waals surface area contributed by atoms with E-state index in [0.29, 0.717) is 25.5 Å². The molecule has 0 radical (unpaired) electrons. The van der Waals surface area contributed by atoms with E-state index in [1.807, 2.05) is 43.1 Å². The number of nitriles is 1. The van der Waals surface area contributed by atoms with Gasteiger partial charge < -0.3 is 19.3 Å². The number of fused-ring (bicyclic) bond motifs is 1. The number of hydrogen-bond donors (Lipinski definition) is 1. The minimum absolute atomic E-state index is 0.0723. The Morgan fingerprint density at radius 3 is 2.50 bits per heavy atom. The van der Waals surface area contributed by atoms with E-state index in [2.05, 4.69) is 43.8 Å². The lowest BCUT2D eigenvalue weighted by Gasteiger charge is -2.49. The fourth-order valence-corrected chi connectivity index (χ4v) is 8.84. The van der Waals surface area contributed by atoms with E-state index in [-0.39, 0.29) is 35.4 Å². The van der Waals surface area contributed by atoms with Crippen molar-refractivity contribution in [3.8, 4) is 6.07 Å². The third kappa shape index (κ3) is 9.98. The molecule has 4 atom stereocenters. The fraction of sp³-hybridized carbons (Fsp3) is 0.743. The predicted octanol–water partition coefficient (Wildman–Crippen LogP) is 7.77. The van der Waals surface area contributed by atoms with Crippen LogP contribution in [-0.2, 0) is 13.8 Å². The number of hydrogen-bond acceptors (Lipinski definition) is 6. The maximum Gasteiger partial charge on any atom is 0.259 e. The summed E-state index contributed by atoms with van der Waals surface area (Å²) in [6, 6.07) is 10.5. The molecule has 0 aliphatic heterocycles. The van der Waals surface area contributed by atoms with Gasteiger partial charge in [0.05, 0.1) is 30.6 Å². The van der Waals surface area contributed by atoms with Crippen molar-refractivity contribution >= 4 is 20.3 Å². The van der Waals surface area contributed by atoms with Gasteiger partial charge >= 0.3 is 0 Å². The summed E-state index contributed by atoms with van der Waals surface area (Å²) >= 11 is 0. The van der Waals surface area contributed by atoms with Crippen molar-refractivity contribution in [1.82, 2.24) is 14.9 Å². The van der Waals surface area contributed by atoms with E-state index in [0.717, 1.165) is 81.9 Å². The molecular weight excluding hydrogens is 571 g/mol. The molecule has 44 heavy (non-hydrogen) atoms. The van der Waals surface area contributed by atoms with Gasteiger partial charge in [-0.15, -0.1) is 0 Å². The van der Waals surface area contributed by atoms with Crippen LogP contribution >= 0.6 is 8.53 Å². The molecule has 0 spiro atoms. The van der Waals surface area contributed by atoms with Gasteiger partial charge in [0.1, 0.15) is 0 Å². The summed E-state index contributed by atoms with van der Waals surface area (Å²) in [5.41, 5.74) is 1.50. The number of unbranched alkanes of at least 4 members (excludes halogenated alkanes) is 3. The molecule has 1 N–H and O–H groups in total. The van der Waals surface area contributed by atoms with Gasteiger partial charge in [-0.05, 0) is 97.1 Å². The molecule has 2 fully saturated rings. The molecule has 9 heteroatoms. The van der Waals surface area contributed by atoms with E-state index in [1.54, 1.807) is 0 Å². The second-order valence-electron chi connectivity index (χ2n) is 13.4. The largest absolute Gasteiger partial charge is 0.356 e. The lowest BCUT2D eigenvalue weighted by molar-refractivity contribution is -0.141. The summed E-state index contributed by atoms with van der Waals surface area (Å²) in [5, 5.41) is 12.4. The Labute approximate surface area is 268 Å². The number of benzene rings is 1. The highest BCUT2D eigenvalue weighted by Gasteiger charge is 2.50. The fourth-order valence-electron chi connectivity index (χ4n) is 7.09. The summed E-state index contributed by atoms with van der Waals surface area (Å²) in [6.07, 6.45) is 11.4. The monoisotopic (exact) mass is 628 g/mol. The van der Waals surface area contributed by atoms with Gasteiger partial charge in [0, 0.05) is 37.8 Å². The zero-order valence-corrected chi connectivity index (χ0v) is 29.0. The Balaban J connectivity index is 1.45. The third-order valence-electron chi connectivity index (χ3n) is 9.45. The van der Waals surface area contributed by atoms with E-state index < -0.39 is 8.53 Å². The van der Waals surface area contributed by atoms with Crippen molar-refractivity contribution in [1.29, 1.82) is 5.26 Å². The third-order valence-corrected chi connectivity index (χ3v) is 11.6. The van der Waals surface area contributed by atoms with Crippen molar-refractivity contribution in [3.05, 3.63) is 35.4 Å². The minimum Gasteiger partial charge on any atom is -0.356 e. The second kappa shape index (κ2) is 18.2. The average molecular weight is 629 g/mol. The number of amides is 2. The molecule has 8 nitrogen and oxygen atoms in total. The first-order valence-corrected chi connectivity index (χ1v) is 18.1. The Kier molecular flexibility index (Phi) is 15.1. The molecule has 1 aromatic carbocycles. The van der Waals surface area contributed by atoms with Gasteiger partial charge in [-0.2, -0.15) is 5.26 Å². The topological polar surface area (TPSA) is 94.9 Å². The highest BCUT2D eigenvalue weighted by atomic mass is 31.2. The van der Waals surface area contributed by atoms with E-state index >= 15 is 0 Å². The molecule has 2 saturated carbocycles. The summed E-state index contributed by atoms with van der Waals surface area (Å²) in [6.45, 7) is 12.5. The maximum absolute atomic E-state index is 13.7. The first kappa shape index (κ1) is 36.4. The molecule has 246 valence electrons. The molecule has 3 rings (SSSR count). The predicted molar refractivity (Wildman–Crippen MR) is 178 cm³/mol. The Morgan fingerprint density at radius 1 is 1.07 bits per heavy atom. The Hall–Kier alpha value is -2.04. The molecule has 2 amide bonds. The molecule has 0 heterocycles. The van der Waals surface area contributed by atoms with Gasteiger partial charge in [0.2, 0.25) is 5.91 Å². The molecule has 4 unspecified atom stereocenters. The van der Waals surface area contributed by atoms with E-state index in [1.165, 1.54) is 6.42 Å². The molecule has 0 aromatic heterocycles. The van der Waals surface area contributed by atoms with Crippen LogP contribution in [0.5, 0.6) is 0 Å². The van der Waals surface area contributed by atoms with Crippen molar-refractivity contribution < 1.29 is 18.6 Å². The zero-order chi connectivity index (χ0) is 32.1. The average Bonchev–Trinajstić information content (AvgIpc) is 2.99. The summed E-state index contributed by atoms with van der Waals surface area (Å²) < 4.78 is 15.2. The standard InChI is InChI=1S/C35H57N4O4P/c1-27(2)39(28(3)4)44(42-25-15-22-36)43-31-19-21-35(20-12-11-17-30(35)26-31)34(41)37-23-13-7-8-14-24-38(6)33(40)32-18-10-9-16-29(32)5/h9-10,16,18,27-28,30-31H,7-8,11-15,17,19-21,23-26H2,1-6H3,(H,37,41). The second-order valence-corrected chi connectivity index (χ2v) is 14.8. The number of carbonyl (C=O) groups is 2. The summed E-state index contributed by atoms with van der Waals surface area (Å²) in [7, 11) is 0.605. The maximum atomic E-state index is 13.7. The van der Waals surface area contributed by atoms with Crippen LogP contribution in [0.2, 0.25) is 0 Å². The van der Waals surface area contributed by atoms with Crippen LogP contribution < -0.4 is 5.32 Å². The first-order chi connectivity index (χ1) is 21.1. The van der Waals surface area contributed by atoms with Crippen molar-refractivity contribution in [2.75, 3.05) is 26.7 Å². The van der Waals surface area contributed by atoms with Crippen LogP contribution in [-0.4, -0.2) is 66.3 Å². The molecule has 2 aliphatic rings. The lowest BCUT2D eigenvalue weighted by atomic mass is 9.58. The van der Waals surface area contributed by atoms with Gasteiger partial charge in [-0.3, -0.25) is 9.59 Å². The normalized spacial score (nSPS) is 22.5. The van der Waals surface area contributed by atoms with Crippen LogP contribution in [0.1, 0.15) is 121 Å². The van der Waals surface area contributed by atoms with Crippen LogP contribution in [0.25, 0.3) is 0 Å². The molecule has 0 bridgehead atoms. The van der Waals surface area contributed by atoms with Crippen LogP contribution in [0.3, 0.4) is 0 Å². The Bertz CT molecular complexity index is 1080. The van der Waals surface area contributed by atoms with Crippen LogP contribution in [0.4, 0.5) is 0 Å². The van der Waals surface area contributed by atoms with Gasteiger partial charge in [0.15, 0.2) is 0 Å². The number of carbonyl (C=O) groups excluding carboxylic acids is 2. The van der Waals surface area contributed by atoms with Crippen molar-refractivity contribution in [2.45, 2.75) is 130 Å². The first-order valence-electron chi connectivity index (χ1n) is 16.9. The van der Waals surface area contributed by atoms with Crippen LogP contribution in [0.15, 0.2) is 24.3 Å². The lowest BCUT2D eigenvalue weighted by Crippen LogP contribution is -2.51. The molecule has 2 aliphatic carbocycles. The highest BCUT2D eigenvalue weighted by Crippen LogP contribution is 2.55. The zero-order valence-electron chi connectivity index (χ0n) is 28.1. The highest BCUT2D eigenvalue weighted by molar-refractivity contribution is 7.44. The SMILES string of the molecule is Cc1ccccc1C(=O)N(C)CCCCCCNC(=O)C12CCCCC1CC(OP(OCCC#N)N(C(C)C)C(C)C)CC2. The minimum atomic E-state index is -1.27. The molecule has 1 aromatic rings.